The number of nitrogens with two attached hydrogens (primary N) is 1. The lowest BCUT2D eigenvalue weighted by atomic mass is 10.2. The van der Waals surface area contributed by atoms with Gasteiger partial charge in [0.1, 0.15) is 5.82 Å². The largest absolute Gasteiger partial charge is 0.324 e. The molecule has 0 aliphatic rings. The summed E-state index contributed by atoms with van der Waals surface area (Å²) in [4.78, 5) is 4.53. The molecule has 0 unspecified atom stereocenters. The van der Waals surface area contributed by atoms with Gasteiger partial charge in [-0.25, -0.2) is 17.4 Å². The highest BCUT2D eigenvalue weighted by Gasteiger charge is 2.23. The first-order valence-electron chi connectivity index (χ1n) is 6.52. The van der Waals surface area contributed by atoms with Crippen LogP contribution < -0.4 is 5.73 Å². The molecule has 0 bridgehead atoms. The highest BCUT2D eigenvalue weighted by Crippen LogP contribution is 2.23. The molecule has 2 N–H and O–H groups in total. The maximum Gasteiger partial charge on any atom is 0.269 e. The number of benzene rings is 2. The standard InChI is InChI=1S/C15H15N3O2S/c1-11-6-8-12(9-7-11)21(19,20)18-14-5-3-2-4-13(14)17-15(18)10-16/h2-9H,10,16H2,1H3. The second kappa shape index (κ2) is 4.98. The first-order chi connectivity index (χ1) is 10.0. The Morgan fingerprint density at radius 1 is 1.10 bits per heavy atom. The molecule has 21 heavy (non-hydrogen) atoms. The van der Waals surface area contributed by atoms with Crippen molar-refractivity contribution in [2.45, 2.75) is 18.4 Å². The fraction of sp³-hybridized carbons (Fsp3) is 0.133. The van der Waals surface area contributed by atoms with Crippen LogP contribution in [0, 0.1) is 6.92 Å². The van der Waals surface area contributed by atoms with Crippen molar-refractivity contribution in [3.63, 3.8) is 0 Å². The molecule has 0 spiro atoms. The van der Waals surface area contributed by atoms with Crippen molar-refractivity contribution >= 4 is 21.1 Å². The third-order valence-electron chi connectivity index (χ3n) is 3.33. The summed E-state index contributed by atoms with van der Waals surface area (Å²) >= 11 is 0. The van der Waals surface area contributed by atoms with Gasteiger partial charge in [0.05, 0.1) is 22.5 Å². The van der Waals surface area contributed by atoms with E-state index in [1.165, 1.54) is 3.97 Å². The van der Waals surface area contributed by atoms with E-state index in [0.717, 1.165) is 5.56 Å². The van der Waals surface area contributed by atoms with E-state index in [4.69, 9.17) is 5.73 Å². The lowest BCUT2D eigenvalue weighted by Crippen LogP contribution is -2.18. The molecule has 0 amide bonds. The quantitative estimate of drug-likeness (QED) is 0.803. The number of rotatable bonds is 3. The zero-order valence-corrected chi connectivity index (χ0v) is 12.3. The molecule has 5 nitrogen and oxygen atoms in total. The van der Waals surface area contributed by atoms with Crippen LogP contribution in [-0.4, -0.2) is 17.4 Å². The van der Waals surface area contributed by atoms with Gasteiger partial charge in [-0.2, -0.15) is 0 Å². The average Bonchev–Trinajstić information content (AvgIpc) is 2.87. The van der Waals surface area contributed by atoms with E-state index in [2.05, 4.69) is 4.98 Å². The molecule has 0 aliphatic heterocycles. The van der Waals surface area contributed by atoms with Gasteiger partial charge in [-0.3, -0.25) is 0 Å². The normalized spacial score (nSPS) is 11.9. The van der Waals surface area contributed by atoms with Gasteiger partial charge in [-0.15, -0.1) is 0 Å². The molecule has 3 rings (SSSR count). The fourth-order valence-electron chi connectivity index (χ4n) is 2.27. The zero-order valence-electron chi connectivity index (χ0n) is 11.5. The van der Waals surface area contributed by atoms with Crippen molar-refractivity contribution in [2.75, 3.05) is 0 Å². The molecular formula is C15H15N3O2S. The third-order valence-corrected chi connectivity index (χ3v) is 5.08. The van der Waals surface area contributed by atoms with Crippen LogP contribution in [0.25, 0.3) is 11.0 Å². The molecule has 108 valence electrons. The van der Waals surface area contributed by atoms with Crippen molar-refractivity contribution in [1.29, 1.82) is 0 Å². The van der Waals surface area contributed by atoms with Crippen molar-refractivity contribution in [3.8, 4) is 0 Å². The maximum absolute atomic E-state index is 12.9. The summed E-state index contributed by atoms with van der Waals surface area (Å²) in [6, 6.07) is 13.8. The summed E-state index contributed by atoms with van der Waals surface area (Å²) in [6.07, 6.45) is 0. The molecular weight excluding hydrogens is 286 g/mol. The number of aromatic nitrogens is 2. The lowest BCUT2D eigenvalue weighted by Gasteiger charge is -2.09. The van der Waals surface area contributed by atoms with E-state index in [1.54, 1.807) is 42.5 Å². The van der Waals surface area contributed by atoms with E-state index in [9.17, 15) is 8.42 Å². The van der Waals surface area contributed by atoms with Crippen molar-refractivity contribution in [3.05, 3.63) is 59.9 Å². The summed E-state index contributed by atoms with van der Waals surface area (Å²) in [5, 5.41) is 0. The molecule has 0 fully saturated rings. The first-order valence-corrected chi connectivity index (χ1v) is 7.97. The Balaban J connectivity index is 2.30. The van der Waals surface area contributed by atoms with Crippen LogP contribution in [0.3, 0.4) is 0 Å². The van der Waals surface area contributed by atoms with Crippen molar-refractivity contribution < 1.29 is 8.42 Å². The zero-order chi connectivity index (χ0) is 15.0. The third kappa shape index (κ3) is 2.22. The highest BCUT2D eigenvalue weighted by molar-refractivity contribution is 7.90. The first kappa shape index (κ1) is 13.8. The second-order valence-corrected chi connectivity index (χ2v) is 6.59. The minimum atomic E-state index is -3.71. The van der Waals surface area contributed by atoms with Crippen LogP contribution in [0.15, 0.2) is 53.4 Å². The van der Waals surface area contributed by atoms with E-state index >= 15 is 0 Å². The van der Waals surface area contributed by atoms with Crippen LogP contribution in [0.4, 0.5) is 0 Å². The maximum atomic E-state index is 12.9. The molecule has 6 heteroatoms. The summed E-state index contributed by atoms with van der Waals surface area (Å²) in [7, 11) is -3.71. The summed E-state index contributed by atoms with van der Waals surface area (Å²) < 4.78 is 27.0. The van der Waals surface area contributed by atoms with Crippen LogP contribution in [0.2, 0.25) is 0 Å². The average molecular weight is 301 g/mol. The van der Waals surface area contributed by atoms with Gasteiger partial charge in [0, 0.05) is 0 Å². The number of fused-ring (bicyclic) bond motifs is 1. The topological polar surface area (TPSA) is 78.0 Å². The van der Waals surface area contributed by atoms with Crippen molar-refractivity contribution in [2.24, 2.45) is 5.73 Å². The number of hydrogen-bond acceptors (Lipinski definition) is 4. The number of para-hydroxylation sites is 2. The summed E-state index contributed by atoms with van der Waals surface area (Å²) in [5.74, 6) is 0.330. The minimum Gasteiger partial charge on any atom is -0.324 e. The minimum absolute atomic E-state index is 0.0553. The fourth-order valence-corrected chi connectivity index (χ4v) is 3.76. The van der Waals surface area contributed by atoms with E-state index in [-0.39, 0.29) is 11.4 Å². The van der Waals surface area contributed by atoms with E-state index in [0.29, 0.717) is 16.9 Å². The molecule has 0 saturated carbocycles. The lowest BCUT2D eigenvalue weighted by molar-refractivity contribution is 0.586. The molecule has 0 atom stereocenters. The van der Waals surface area contributed by atoms with Gasteiger partial charge in [0.2, 0.25) is 0 Å². The predicted octanol–water partition coefficient (Wildman–Crippen LogP) is 2.04. The van der Waals surface area contributed by atoms with Gasteiger partial charge in [0.25, 0.3) is 10.0 Å². The van der Waals surface area contributed by atoms with Gasteiger partial charge < -0.3 is 5.73 Å². The number of imidazole rings is 1. The molecule has 1 aromatic heterocycles. The SMILES string of the molecule is Cc1ccc(S(=O)(=O)n2c(CN)nc3ccccc32)cc1. The Labute approximate surface area is 123 Å². The smallest absolute Gasteiger partial charge is 0.269 e. The molecule has 1 heterocycles. The van der Waals surface area contributed by atoms with Crippen LogP contribution in [0.1, 0.15) is 11.4 Å². The van der Waals surface area contributed by atoms with E-state index in [1.807, 2.05) is 13.0 Å². The predicted molar refractivity (Wildman–Crippen MR) is 81.4 cm³/mol. The second-order valence-electron chi connectivity index (χ2n) is 4.80. The summed E-state index contributed by atoms with van der Waals surface area (Å²) in [6.45, 7) is 1.97. The molecule has 0 saturated heterocycles. The summed E-state index contributed by atoms with van der Waals surface area (Å²) in [5.41, 5.74) is 7.83. The Hall–Kier alpha value is -2.18. The molecule has 0 aliphatic carbocycles. The van der Waals surface area contributed by atoms with Crippen LogP contribution >= 0.6 is 0 Å². The number of aryl methyl sites for hydroxylation is 1. The number of nitrogens with zero attached hydrogens (tertiary/aromatic N) is 2. The Morgan fingerprint density at radius 2 is 1.76 bits per heavy atom. The number of hydrogen-bond donors (Lipinski definition) is 1. The van der Waals surface area contributed by atoms with Crippen LogP contribution in [0.5, 0.6) is 0 Å². The Kier molecular flexibility index (Phi) is 3.27. The Bertz CT molecular complexity index is 896. The highest BCUT2D eigenvalue weighted by atomic mass is 32.2. The van der Waals surface area contributed by atoms with Gasteiger partial charge in [0.15, 0.2) is 0 Å². The molecule has 3 aromatic rings. The molecule has 0 radical (unpaired) electrons. The van der Waals surface area contributed by atoms with Gasteiger partial charge in [-0.05, 0) is 31.2 Å². The van der Waals surface area contributed by atoms with Gasteiger partial charge in [-0.1, -0.05) is 29.8 Å². The van der Waals surface area contributed by atoms with E-state index < -0.39 is 10.0 Å². The van der Waals surface area contributed by atoms with Crippen molar-refractivity contribution in [1.82, 2.24) is 8.96 Å². The monoisotopic (exact) mass is 301 g/mol. The van der Waals surface area contributed by atoms with Gasteiger partial charge >= 0.3 is 0 Å². The Morgan fingerprint density at radius 3 is 2.43 bits per heavy atom. The van der Waals surface area contributed by atoms with Crippen LogP contribution in [-0.2, 0) is 16.6 Å². The molecule has 2 aromatic carbocycles.